The quantitative estimate of drug-likeness (QED) is 0.665. The van der Waals surface area contributed by atoms with Gasteiger partial charge >= 0.3 is 6.09 Å². The topological polar surface area (TPSA) is 48.0 Å². The van der Waals surface area contributed by atoms with Gasteiger partial charge in [-0.2, -0.15) is 0 Å². The number of ether oxygens (including phenoxy) is 3. The fourth-order valence-corrected chi connectivity index (χ4v) is 3.84. The Morgan fingerprint density at radius 1 is 1.26 bits per heavy atom. The molecule has 1 aromatic rings. The highest BCUT2D eigenvalue weighted by molar-refractivity contribution is 5.68. The maximum Gasteiger partial charge on any atom is 0.410 e. The van der Waals surface area contributed by atoms with Crippen molar-refractivity contribution >= 4 is 6.09 Å². The Labute approximate surface area is 161 Å². The van der Waals surface area contributed by atoms with Crippen LogP contribution in [0.5, 0.6) is 0 Å². The van der Waals surface area contributed by atoms with Gasteiger partial charge in [0.25, 0.3) is 0 Å². The lowest BCUT2D eigenvalue weighted by Gasteiger charge is -2.35. The number of carbonyl (C=O) groups excluding carboxylic acids is 1. The van der Waals surface area contributed by atoms with Crippen LogP contribution in [0.1, 0.15) is 37.7 Å². The summed E-state index contributed by atoms with van der Waals surface area (Å²) in [6.07, 6.45) is 8.04. The summed E-state index contributed by atoms with van der Waals surface area (Å²) in [4.78, 5) is 14.4. The third-order valence-electron chi connectivity index (χ3n) is 5.24. The predicted octanol–water partition coefficient (Wildman–Crippen LogP) is 4.44. The first-order chi connectivity index (χ1) is 13.2. The fraction of sp³-hybridized carbons (Fsp3) is 0.500. The molecule has 1 spiro atoms. The van der Waals surface area contributed by atoms with Crippen LogP contribution in [0.25, 0.3) is 0 Å². The summed E-state index contributed by atoms with van der Waals surface area (Å²) in [5, 5.41) is 0. The van der Waals surface area contributed by atoms with Gasteiger partial charge in [0.05, 0.1) is 12.6 Å². The summed E-state index contributed by atoms with van der Waals surface area (Å²) in [5.41, 5.74) is 0.946. The van der Waals surface area contributed by atoms with Crippen LogP contribution in [-0.2, 0) is 20.8 Å². The number of carbonyl (C=O) groups is 1. The van der Waals surface area contributed by atoms with Crippen molar-refractivity contribution in [3.63, 3.8) is 0 Å². The van der Waals surface area contributed by atoms with Crippen LogP contribution in [0.3, 0.4) is 0 Å². The first kappa shape index (κ1) is 19.6. The molecule has 0 unspecified atom stereocenters. The second-order valence-corrected chi connectivity index (χ2v) is 7.15. The lowest BCUT2D eigenvalue weighted by molar-refractivity contribution is -0.190. The van der Waals surface area contributed by atoms with E-state index in [9.17, 15) is 4.79 Å². The zero-order valence-electron chi connectivity index (χ0n) is 15.8. The van der Waals surface area contributed by atoms with Crippen LogP contribution in [0, 0.1) is 0 Å². The Hall–Kier alpha value is -2.11. The zero-order chi connectivity index (χ0) is 19.1. The van der Waals surface area contributed by atoms with Gasteiger partial charge in [0.15, 0.2) is 5.79 Å². The van der Waals surface area contributed by atoms with Gasteiger partial charge in [-0.05, 0) is 18.4 Å². The molecule has 146 valence electrons. The Kier molecular flexibility index (Phi) is 6.69. The molecule has 5 heteroatoms. The molecule has 1 saturated heterocycles. The Bertz CT molecular complexity index is 639. The average molecular weight is 371 g/mol. The molecule has 1 saturated carbocycles. The molecule has 2 atom stereocenters. The average Bonchev–Trinajstić information content (AvgIpc) is 3.10. The monoisotopic (exact) mass is 371 g/mol. The van der Waals surface area contributed by atoms with Crippen LogP contribution in [-0.4, -0.2) is 42.1 Å². The van der Waals surface area contributed by atoms with E-state index in [1.165, 1.54) is 6.42 Å². The molecule has 3 rings (SSSR count). The van der Waals surface area contributed by atoms with E-state index in [1.807, 2.05) is 30.3 Å². The largest absolute Gasteiger partial charge is 0.445 e. The maximum atomic E-state index is 12.7. The summed E-state index contributed by atoms with van der Waals surface area (Å²) >= 11 is 0. The van der Waals surface area contributed by atoms with E-state index in [2.05, 4.69) is 13.2 Å². The van der Waals surface area contributed by atoms with E-state index in [1.54, 1.807) is 17.1 Å². The first-order valence-electron chi connectivity index (χ1n) is 9.70. The fourth-order valence-electron chi connectivity index (χ4n) is 3.84. The minimum atomic E-state index is -0.488. The maximum absolute atomic E-state index is 12.7. The van der Waals surface area contributed by atoms with Crippen molar-refractivity contribution in [2.45, 2.75) is 56.6 Å². The Morgan fingerprint density at radius 2 is 2.00 bits per heavy atom. The number of amides is 1. The van der Waals surface area contributed by atoms with Crippen molar-refractivity contribution in [2.75, 3.05) is 13.2 Å². The van der Waals surface area contributed by atoms with Gasteiger partial charge in [-0.25, -0.2) is 4.79 Å². The molecule has 2 fully saturated rings. The molecular weight excluding hydrogens is 342 g/mol. The normalized spacial score (nSPS) is 22.1. The third-order valence-corrected chi connectivity index (χ3v) is 5.24. The van der Waals surface area contributed by atoms with Gasteiger partial charge in [-0.1, -0.05) is 48.9 Å². The van der Waals surface area contributed by atoms with Crippen LogP contribution in [0.2, 0.25) is 0 Å². The number of benzene rings is 1. The molecule has 1 heterocycles. The van der Waals surface area contributed by atoms with Crippen molar-refractivity contribution in [1.29, 1.82) is 0 Å². The third kappa shape index (κ3) is 4.79. The number of rotatable bonds is 7. The van der Waals surface area contributed by atoms with Gasteiger partial charge in [-0.15, -0.1) is 13.2 Å². The smallest absolute Gasteiger partial charge is 0.410 e. The molecule has 0 N–H and O–H groups in total. The van der Waals surface area contributed by atoms with Gasteiger partial charge in [-0.3, -0.25) is 4.90 Å². The zero-order valence-corrected chi connectivity index (χ0v) is 15.8. The molecule has 2 aliphatic rings. The van der Waals surface area contributed by atoms with E-state index in [-0.39, 0.29) is 18.8 Å². The summed E-state index contributed by atoms with van der Waals surface area (Å²) < 4.78 is 17.9. The Balaban J connectivity index is 1.65. The predicted molar refractivity (Wildman–Crippen MR) is 104 cm³/mol. The van der Waals surface area contributed by atoms with Crippen molar-refractivity contribution in [3.8, 4) is 0 Å². The van der Waals surface area contributed by atoms with Gasteiger partial charge in [0.2, 0.25) is 0 Å². The SMILES string of the molecule is C=CCN(C(=O)OCc1ccccc1)[C@H](C=C)[C@H]1COC2(CCCCC2)O1. The lowest BCUT2D eigenvalue weighted by atomic mass is 9.94. The van der Waals surface area contributed by atoms with Crippen molar-refractivity contribution in [2.24, 2.45) is 0 Å². The minimum absolute atomic E-state index is 0.225. The van der Waals surface area contributed by atoms with Crippen LogP contribution in [0.4, 0.5) is 4.79 Å². The van der Waals surface area contributed by atoms with E-state index in [0.29, 0.717) is 13.2 Å². The van der Waals surface area contributed by atoms with Gasteiger partial charge in [0.1, 0.15) is 12.7 Å². The van der Waals surface area contributed by atoms with Crippen LogP contribution in [0.15, 0.2) is 55.6 Å². The molecular formula is C22H29NO4. The summed E-state index contributed by atoms with van der Waals surface area (Å²) in [6.45, 7) is 8.73. The summed E-state index contributed by atoms with van der Waals surface area (Å²) in [6, 6.07) is 9.30. The highest BCUT2D eigenvalue weighted by Crippen LogP contribution is 2.39. The van der Waals surface area contributed by atoms with Gasteiger partial charge < -0.3 is 14.2 Å². The van der Waals surface area contributed by atoms with E-state index in [0.717, 1.165) is 31.2 Å². The molecule has 1 aliphatic heterocycles. The molecule has 1 aliphatic carbocycles. The summed E-state index contributed by atoms with van der Waals surface area (Å²) in [5.74, 6) is -0.488. The molecule has 1 amide bonds. The summed E-state index contributed by atoms with van der Waals surface area (Å²) in [7, 11) is 0. The molecule has 0 radical (unpaired) electrons. The Morgan fingerprint density at radius 3 is 2.67 bits per heavy atom. The lowest BCUT2D eigenvalue weighted by Crippen LogP contribution is -2.48. The van der Waals surface area contributed by atoms with Crippen LogP contribution < -0.4 is 0 Å². The second-order valence-electron chi connectivity index (χ2n) is 7.15. The first-order valence-corrected chi connectivity index (χ1v) is 9.70. The van der Waals surface area contributed by atoms with Gasteiger partial charge in [0, 0.05) is 19.4 Å². The number of hydrogen-bond donors (Lipinski definition) is 0. The van der Waals surface area contributed by atoms with Crippen molar-refractivity contribution in [3.05, 3.63) is 61.2 Å². The van der Waals surface area contributed by atoms with E-state index >= 15 is 0 Å². The van der Waals surface area contributed by atoms with Crippen LogP contribution >= 0.6 is 0 Å². The highest BCUT2D eigenvalue weighted by Gasteiger charge is 2.46. The molecule has 5 nitrogen and oxygen atoms in total. The highest BCUT2D eigenvalue weighted by atomic mass is 16.7. The molecule has 0 bridgehead atoms. The number of hydrogen-bond acceptors (Lipinski definition) is 4. The standard InChI is InChI=1S/C22H29NO4/c1-3-15-23(21(24)25-16-18-11-7-5-8-12-18)19(4-2)20-17-26-22(27-20)13-9-6-10-14-22/h3-5,7-8,11-12,19-20H,1-2,6,9-10,13-17H2/t19-,20-/m1/s1. The van der Waals surface area contributed by atoms with Crippen molar-refractivity contribution < 1.29 is 19.0 Å². The van der Waals surface area contributed by atoms with Crippen molar-refractivity contribution in [1.82, 2.24) is 4.90 Å². The molecule has 1 aromatic carbocycles. The van der Waals surface area contributed by atoms with E-state index in [4.69, 9.17) is 14.2 Å². The molecule has 27 heavy (non-hydrogen) atoms. The second kappa shape index (κ2) is 9.20. The molecule has 0 aromatic heterocycles. The number of nitrogens with zero attached hydrogens (tertiary/aromatic N) is 1. The van der Waals surface area contributed by atoms with E-state index < -0.39 is 11.9 Å². The minimum Gasteiger partial charge on any atom is -0.445 e.